The Kier molecular flexibility index (Phi) is 5.92. The molecule has 146 valence electrons. The number of hydrogen-bond acceptors (Lipinski definition) is 7. The fraction of sp³-hybridized carbons (Fsp3) is 0.429. The zero-order chi connectivity index (χ0) is 19.3. The summed E-state index contributed by atoms with van der Waals surface area (Å²) in [6.45, 7) is 7.27. The molecule has 0 radical (unpaired) electrons. The minimum Gasteiger partial charge on any atom is -0.316 e. The van der Waals surface area contributed by atoms with Crippen LogP contribution >= 0.6 is 11.3 Å². The average molecular weight is 395 g/mol. The van der Waals surface area contributed by atoms with Gasteiger partial charge in [0.15, 0.2) is 5.13 Å². The van der Waals surface area contributed by atoms with Gasteiger partial charge in [-0.15, -0.1) is 11.3 Å². The van der Waals surface area contributed by atoms with E-state index >= 15 is 0 Å². The lowest BCUT2D eigenvalue weighted by atomic mass is 9.92. The second kappa shape index (κ2) is 8.75. The maximum atomic E-state index is 4.67. The summed E-state index contributed by atoms with van der Waals surface area (Å²) < 4.78 is 0. The third kappa shape index (κ3) is 5.11. The van der Waals surface area contributed by atoms with Crippen molar-refractivity contribution in [3.8, 4) is 0 Å². The molecule has 1 N–H and O–H groups in total. The molecule has 0 spiro atoms. The largest absolute Gasteiger partial charge is 0.316 e. The first kappa shape index (κ1) is 19.0. The summed E-state index contributed by atoms with van der Waals surface area (Å²) in [6, 6.07) is 6.24. The van der Waals surface area contributed by atoms with Crippen molar-refractivity contribution in [3.05, 3.63) is 58.7 Å². The van der Waals surface area contributed by atoms with Crippen LogP contribution in [0.4, 0.5) is 10.9 Å². The van der Waals surface area contributed by atoms with Crippen molar-refractivity contribution >= 4 is 22.3 Å². The Morgan fingerprint density at radius 3 is 2.75 bits per heavy atom. The highest BCUT2D eigenvalue weighted by Crippen LogP contribution is 2.25. The van der Waals surface area contributed by atoms with Gasteiger partial charge >= 0.3 is 0 Å². The van der Waals surface area contributed by atoms with Crippen molar-refractivity contribution < 1.29 is 0 Å². The highest BCUT2D eigenvalue weighted by Gasteiger charge is 2.20. The first-order chi connectivity index (χ1) is 13.6. The van der Waals surface area contributed by atoms with E-state index in [0.717, 1.165) is 48.5 Å². The molecular weight excluding hydrogens is 368 g/mol. The Balaban J connectivity index is 1.33. The normalized spacial score (nSPS) is 15.6. The van der Waals surface area contributed by atoms with E-state index in [2.05, 4.69) is 49.2 Å². The van der Waals surface area contributed by atoms with Gasteiger partial charge in [0.1, 0.15) is 11.6 Å². The fourth-order valence-corrected chi connectivity index (χ4v) is 4.39. The first-order valence-electron chi connectivity index (χ1n) is 9.79. The number of nitrogens with one attached hydrogen (secondary N) is 1. The van der Waals surface area contributed by atoms with Crippen LogP contribution in [-0.4, -0.2) is 37.9 Å². The Labute approximate surface area is 170 Å². The van der Waals surface area contributed by atoms with Crippen molar-refractivity contribution in [2.45, 2.75) is 39.7 Å². The molecule has 4 rings (SSSR count). The van der Waals surface area contributed by atoms with E-state index < -0.39 is 0 Å². The third-order valence-electron chi connectivity index (χ3n) is 5.08. The van der Waals surface area contributed by atoms with E-state index in [4.69, 9.17) is 0 Å². The molecule has 6 nitrogen and oxygen atoms in total. The van der Waals surface area contributed by atoms with Gasteiger partial charge < -0.3 is 5.32 Å². The van der Waals surface area contributed by atoms with Gasteiger partial charge in [0, 0.05) is 41.8 Å². The fourth-order valence-electron chi connectivity index (χ4n) is 3.71. The lowest BCUT2D eigenvalue weighted by Gasteiger charge is -2.31. The lowest BCUT2D eigenvalue weighted by Crippen LogP contribution is -2.34. The van der Waals surface area contributed by atoms with Crippen LogP contribution < -0.4 is 5.32 Å². The van der Waals surface area contributed by atoms with Gasteiger partial charge in [0.05, 0.1) is 0 Å². The molecule has 7 heteroatoms. The number of piperidine rings is 1. The van der Waals surface area contributed by atoms with Crippen LogP contribution in [0.5, 0.6) is 0 Å². The number of aryl methyl sites for hydroxylation is 2. The number of rotatable bonds is 6. The van der Waals surface area contributed by atoms with Crippen molar-refractivity contribution in [2.24, 2.45) is 5.92 Å². The molecule has 3 aromatic rings. The number of anilines is 2. The molecule has 3 aromatic heterocycles. The van der Waals surface area contributed by atoms with Crippen LogP contribution in [0.15, 0.2) is 36.8 Å². The number of hydrogen-bond donors (Lipinski definition) is 1. The second-order valence-electron chi connectivity index (χ2n) is 7.48. The van der Waals surface area contributed by atoms with Crippen LogP contribution in [0.25, 0.3) is 0 Å². The van der Waals surface area contributed by atoms with Crippen molar-refractivity contribution in [2.75, 3.05) is 18.4 Å². The van der Waals surface area contributed by atoms with Gasteiger partial charge in [0.25, 0.3) is 0 Å². The van der Waals surface area contributed by atoms with Crippen molar-refractivity contribution in [1.82, 2.24) is 24.8 Å². The van der Waals surface area contributed by atoms with Crippen molar-refractivity contribution in [3.63, 3.8) is 0 Å². The predicted molar refractivity (Wildman–Crippen MR) is 113 cm³/mol. The Morgan fingerprint density at radius 2 is 2.04 bits per heavy atom. The molecule has 1 aliphatic heterocycles. The molecule has 0 saturated carbocycles. The first-order valence-corrected chi connectivity index (χ1v) is 10.6. The molecule has 0 aliphatic carbocycles. The maximum absolute atomic E-state index is 4.67. The predicted octanol–water partition coefficient (Wildman–Crippen LogP) is 4.14. The molecule has 1 saturated heterocycles. The van der Waals surface area contributed by atoms with E-state index in [-0.39, 0.29) is 0 Å². The number of nitrogens with zero attached hydrogens (tertiary/aromatic N) is 5. The highest BCUT2D eigenvalue weighted by molar-refractivity contribution is 7.15. The van der Waals surface area contributed by atoms with E-state index in [1.54, 1.807) is 11.3 Å². The lowest BCUT2D eigenvalue weighted by molar-refractivity contribution is 0.176. The van der Waals surface area contributed by atoms with Gasteiger partial charge in [-0.1, -0.05) is 6.07 Å². The Morgan fingerprint density at radius 1 is 1.18 bits per heavy atom. The molecule has 0 atom stereocenters. The van der Waals surface area contributed by atoms with Gasteiger partial charge in [-0.2, -0.15) is 0 Å². The number of likely N-dealkylation sites (tertiary alicyclic amines) is 1. The maximum Gasteiger partial charge on any atom is 0.188 e. The summed E-state index contributed by atoms with van der Waals surface area (Å²) in [5, 5.41) is 4.20. The molecule has 0 aromatic carbocycles. The van der Waals surface area contributed by atoms with Crippen LogP contribution in [0, 0.1) is 19.8 Å². The minimum atomic E-state index is 0.675. The topological polar surface area (TPSA) is 66.8 Å². The van der Waals surface area contributed by atoms with Crippen LogP contribution in [0.3, 0.4) is 0 Å². The summed E-state index contributed by atoms with van der Waals surface area (Å²) >= 11 is 1.64. The van der Waals surface area contributed by atoms with Gasteiger partial charge in [-0.05, 0) is 63.7 Å². The van der Waals surface area contributed by atoms with Crippen LogP contribution in [0.1, 0.15) is 34.8 Å². The number of thiazole rings is 1. The summed E-state index contributed by atoms with van der Waals surface area (Å²) in [4.78, 5) is 21.5. The van der Waals surface area contributed by atoms with Gasteiger partial charge in [-0.25, -0.2) is 15.0 Å². The number of aromatic nitrogens is 4. The van der Waals surface area contributed by atoms with E-state index in [1.165, 1.54) is 23.3 Å². The second-order valence-corrected chi connectivity index (χ2v) is 8.71. The smallest absolute Gasteiger partial charge is 0.188 e. The quantitative estimate of drug-likeness (QED) is 0.678. The van der Waals surface area contributed by atoms with E-state index in [9.17, 15) is 0 Å². The monoisotopic (exact) mass is 394 g/mol. The summed E-state index contributed by atoms with van der Waals surface area (Å²) in [5.74, 6) is 2.32. The zero-order valence-corrected chi connectivity index (χ0v) is 17.2. The zero-order valence-electron chi connectivity index (χ0n) is 16.4. The molecule has 4 heterocycles. The highest BCUT2D eigenvalue weighted by atomic mass is 32.1. The van der Waals surface area contributed by atoms with Crippen LogP contribution in [-0.2, 0) is 13.0 Å². The Hall–Kier alpha value is -2.38. The van der Waals surface area contributed by atoms with Gasteiger partial charge in [0.2, 0.25) is 0 Å². The standard InChI is InChI=1S/C21H26N6S/c1-15-12-23-21(28-15)26-20-11-19(24-16(2)25-20)10-17-5-8-27(9-6-17)14-18-4-3-7-22-13-18/h3-4,7,11-13,17H,5-6,8-10,14H2,1-2H3,(H,23,24,25,26). The summed E-state index contributed by atoms with van der Waals surface area (Å²) in [5.41, 5.74) is 2.41. The third-order valence-corrected chi connectivity index (χ3v) is 5.91. The SMILES string of the molecule is Cc1nc(CC2CCN(Cc3cccnc3)CC2)cc(Nc2ncc(C)s2)n1. The molecular formula is C21H26N6S. The van der Waals surface area contributed by atoms with E-state index in [1.807, 2.05) is 31.6 Å². The molecule has 0 amide bonds. The molecule has 28 heavy (non-hydrogen) atoms. The molecule has 0 bridgehead atoms. The minimum absolute atomic E-state index is 0.675. The van der Waals surface area contributed by atoms with Crippen molar-refractivity contribution in [1.29, 1.82) is 0 Å². The van der Waals surface area contributed by atoms with E-state index in [0.29, 0.717) is 5.92 Å². The molecule has 1 aliphatic rings. The average Bonchev–Trinajstić information content (AvgIpc) is 3.08. The summed E-state index contributed by atoms with van der Waals surface area (Å²) in [7, 11) is 0. The molecule has 0 unspecified atom stereocenters. The van der Waals surface area contributed by atoms with Crippen LogP contribution in [0.2, 0.25) is 0 Å². The Bertz CT molecular complexity index is 902. The summed E-state index contributed by atoms with van der Waals surface area (Å²) in [6.07, 6.45) is 9.10. The molecule has 1 fully saturated rings. The number of pyridine rings is 1. The van der Waals surface area contributed by atoms with Gasteiger partial charge in [-0.3, -0.25) is 9.88 Å².